The zero-order valence-electron chi connectivity index (χ0n) is 13.4. The van der Waals surface area contributed by atoms with Crippen molar-refractivity contribution < 1.29 is 4.74 Å². The average molecular weight is 335 g/mol. The van der Waals surface area contributed by atoms with Crippen molar-refractivity contribution in [3.8, 4) is 0 Å². The molecule has 1 aliphatic heterocycles. The van der Waals surface area contributed by atoms with E-state index >= 15 is 0 Å². The fourth-order valence-electron chi connectivity index (χ4n) is 2.79. The lowest BCUT2D eigenvalue weighted by Crippen LogP contribution is -2.36. The van der Waals surface area contributed by atoms with E-state index in [1.54, 1.807) is 23.9 Å². The molecule has 0 spiro atoms. The normalized spacial score (nSPS) is 16.0. The summed E-state index contributed by atoms with van der Waals surface area (Å²) in [5, 5.41) is 5.28. The fourth-order valence-corrected chi connectivity index (χ4v) is 3.52. The number of anilines is 1. The Balaban J connectivity index is 1.57. The Hall–Kier alpha value is -1.80. The molecule has 0 N–H and O–H groups in total. The number of methoxy groups -OCH3 is 1. The average Bonchev–Trinajstić information content (AvgIpc) is 3.01. The van der Waals surface area contributed by atoms with Crippen molar-refractivity contribution in [2.45, 2.75) is 32.9 Å². The van der Waals surface area contributed by atoms with Crippen LogP contribution in [0.15, 0.2) is 16.9 Å². The van der Waals surface area contributed by atoms with Gasteiger partial charge in [0.2, 0.25) is 5.13 Å². The lowest BCUT2D eigenvalue weighted by atomic mass is 9.97. The second-order valence-corrected chi connectivity index (χ2v) is 6.58. The number of nitrogens with zero attached hydrogens (tertiary/aromatic N) is 5. The van der Waals surface area contributed by atoms with Gasteiger partial charge < -0.3 is 9.64 Å². The first-order valence-corrected chi connectivity index (χ1v) is 8.54. The van der Waals surface area contributed by atoms with E-state index in [-0.39, 0.29) is 5.56 Å². The quantitative estimate of drug-likeness (QED) is 0.824. The molecule has 124 valence electrons. The predicted octanol–water partition coefficient (Wildman–Crippen LogP) is 1.47. The van der Waals surface area contributed by atoms with Gasteiger partial charge in [0, 0.05) is 44.3 Å². The molecule has 1 saturated heterocycles. The SMILES string of the molecule is COCc1nsc(N2CCC(Cn3nc(C)ccc3=O)CC2)n1. The van der Waals surface area contributed by atoms with Crippen molar-refractivity contribution in [2.24, 2.45) is 5.92 Å². The van der Waals surface area contributed by atoms with Gasteiger partial charge in [-0.1, -0.05) is 0 Å². The maximum Gasteiger partial charge on any atom is 0.266 e. The largest absolute Gasteiger partial charge is 0.377 e. The lowest BCUT2D eigenvalue weighted by molar-refractivity contribution is 0.179. The van der Waals surface area contributed by atoms with E-state index in [4.69, 9.17) is 4.74 Å². The van der Waals surface area contributed by atoms with Crippen molar-refractivity contribution in [1.29, 1.82) is 0 Å². The first kappa shape index (κ1) is 16.1. The van der Waals surface area contributed by atoms with Gasteiger partial charge in [0.1, 0.15) is 6.61 Å². The molecule has 0 radical (unpaired) electrons. The van der Waals surface area contributed by atoms with E-state index in [1.165, 1.54) is 11.5 Å². The molecule has 0 saturated carbocycles. The lowest BCUT2D eigenvalue weighted by Gasteiger charge is -2.31. The van der Waals surface area contributed by atoms with Crippen LogP contribution in [0.1, 0.15) is 24.4 Å². The standard InChI is InChI=1S/C15H21N5O2S/c1-11-3-4-14(21)20(17-11)9-12-5-7-19(8-6-12)15-16-13(10-22-2)18-23-15/h3-4,12H,5-10H2,1-2H3. The maximum absolute atomic E-state index is 11.9. The van der Waals surface area contributed by atoms with Gasteiger partial charge in [-0.05, 0) is 31.7 Å². The second kappa shape index (κ2) is 7.18. The van der Waals surface area contributed by atoms with Gasteiger partial charge in [-0.25, -0.2) is 9.67 Å². The zero-order chi connectivity index (χ0) is 16.2. The third-order valence-corrected chi connectivity index (χ3v) is 4.86. The molecule has 3 rings (SSSR count). The Morgan fingerprint density at radius 2 is 2.13 bits per heavy atom. The summed E-state index contributed by atoms with van der Waals surface area (Å²) >= 11 is 1.42. The summed E-state index contributed by atoms with van der Waals surface area (Å²) in [6.45, 7) is 4.93. The van der Waals surface area contributed by atoms with Crippen molar-refractivity contribution in [1.82, 2.24) is 19.1 Å². The van der Waals surface area contributed by atoms with Crippen LogP contribution in [0.5, 0.6) is 0 Å². The van der Waals surface area contributed by atoms with Gasteiger partial charge in [-0.3, -0.25) is 4.79 Å². The summed E-state index contributed by atoms with van der Waals surface area (Å²) in [5.41, 5.74) is 0.855. The monoisotopic (exact) mass is 335 g/mol. The van der Waals surface area contributed by atoms with Crippen LogP contribution < -0.4 is 10.5 Å². The van der Waals surface area contributed by atoms with E-state index < -0.39 is 0 Å². The zero-order valence-corrected chi connectivity index (χ0v) is 14.3. The molecule has 2 aromatic heterocycles. The summed E-state index contributed by atoms with van der Waals surface area (Å²) in [4.78, 5) is 18.6. The van der Waals surface area contributed by atoms with Gasteiger partial charge in [-0.15, -0.1) is 0 Å². The van der Waals surface area contributed by atoms with E-state index in [1.807, 2.05) is 6.92 Å². The summed E-state index contributed by atoms with van der Waals surface area (Å²) in [6.07, 6.45) is 2.06. The van der Waals surface area contributed by atoms with Crippen LogP contribution in [-0.2, 0) is 17.9 Å². The molecule has 2 aromatic rings. The molecule has 23 heavy (non-hydrogen) atoms. The third-order valence-electron chi connectivity index (χ3n) is 4.05. The highest BCUT2D eigenvalue weighted by atomic mass is 32.1. The Bertz CT molecular complexity index is 706. The minimum absolute atomic E-state index is 0.0219. The van der Waals surface area contributed by atoms with E-state index in [2.05, 4.69) is 19.4 Å². The summed E-state index contributed by atoms with van der Waals surface area (Å²) in [7, 11) is 1.65. The van der Waals surface area contributed by atoms with E-state index in [9.17, 15) is 4.79 Å². The number of aromatic nitrogens is 4. The van der Waals surface area contributed by atoms with Gasteiger partial charge in [0.05, 0.1) is 5.69 Å². The molecule has 0 unspecified atom stereocenters. The molecular formula is C15H21N5O2S. The van der Waals surface area contributed by atoms with Crippen molar-refractivity contribution >= 4 is 16.7 Å². The predicted molar refractivity (Wildman–Crippen MR) is 88.8 cm³/mol. The summed E-state index contributed by atoms with van der Waals surface area (Å²) in [5.74, 6) is 1.22. The molecule has 0 amide bonds. The maximum atomic E-state index is 11.9. The Kier molecular flexibility index (Phi) is 5.02. The number of hydrogen-bond acceptors (Lipinski definition) is 7. The van der Waals surface area contributed by atoms with Crippen LogP contribution in [0, 0.1) is 12.8 Å². The topological polar surface area (TPSA) is 73.1 Å². The molecule has 0 atom stereocenters. The van der Waals surface area contributed by atoms with Crippen molar-refractivity contribution in [3.63, 3.8) is 0 Å². The number of hydrogen-bond donors (Lipinski definition) is 0. The number of aryl methyl sites for hydroxylation is 1. The fraction of sp³-hybridized carbons (Fsp3) is 0.600. The summed E-state index contributed by atoms with van der Waals surface area (Å²) < 4.78 is 10.9. The Labute approximate surface area is 139 Å². The highest BCUT2D eigenvalue weighted by Gasteiger charge is 2.22. The molecule has 1 aliphatic rings. The third kappa shape index (κ3) is 3.94. The van der Waals surface area contributed by atoms with Crippen molar-refractivity contribution in [2.75, 3.05) is 25.1 Å². The molecule has 8 heteroatoms. The van der Waals surface area contributed by atoms with Crippen LogP contribution >= 0.6 is 11.5 Å². The van der Waals surface area contributed by atoms with Crippen LogP contribution in [0.3, 0.4) is 0 Å². The van der Waals surface area contributed by atoms with Crippen LogP contribution in [-0.4, -0.2) is 39.3 Å². The van der Waals surface area contributed by atoms with Crippen LogP contribution in [0.2, 0.25) is 0 Å². The number of piperidine rings is 1. The Morgan fingerprint density at radius 3 is 2.87 bits per heavy atom. The first-order chi connectivity index (χ1) is 11.2. The highest BCUT2D eigenvalue weighted by molar-refractivity contribution is 7.09. The molecule has 0 aromatic carbocycles. The molecule has 1 fully saturated rings. The van der Waals surface area contributed by atoms with Crippen LogP contribution in [0.4, 0.5) is 5.13 Å². The van der Waals surface area contributed by atoms with Gasteiger partial charge in [-0.2, -0.15) is 9.47 Å². The first-order valence-electron chi connectivity index (χ1n) is 7.77. The number of ether oxygens (including phenoxy) is 1. The molecule has 0 aliphatic carbocycles. The minimum Gasteiger partial charge on any atom is -0.377 e. The molecule has 7 nitrogen and oxygen atoms in total. The Morgan fingerprint density at radius 1 is 1.35 bits per heavy atom. The molecular weight excluding hydrogens is 314 g/mol. The molecule has 3 heterocycles. The van der Waals surface area contributed by atoms with Gasteiger partial charge >= 0.3 is 0 Å². The van der Waals surface area contributed by atoms with Crippen LogP contribution in [0.25, 0.3) is 0 Å². The van der Waals surface area contributed by atoms with Gasteiger partial charge in [0.25, 0.3) is 5.56 Å². The molecule has 0 bridgehead atoms. The summed E-state index contributed by atoms with van der Waals surface area (Å²) in [6, 6.07) is 3.35. The highest BCUT2D eigenvalue weighted by Crippen LogP contribution is 2.25. The smallest absolute Gasteiger partial charge is 0.266 e. The van der Waals surface area contributed by atoms with Gasteiger partial charge in [0.15, 0.2) is 5.82 Å². The minimum atomic E-state index is -0.0219. The second-order valence-electron chi connectivity index (χ2n) is 5.85. The number of rotatable bonds is 5. The van der Waals surface area contributed by atoms with Crippen molar-refractivity contribution in [3.05, 3.63) is 34.0 Å². The van der Waals surface area contributed by atoms with E-state index in [0.29, 0.717) is 19.1 Å². The van der Waals surface area contributed by atoms with E-state index in [0.717, 1.165) is 42.6 Å².